The van der Waals surface area contributed by atoms with Gasteiger partial charge in [0, 0.05) is 0 Å². The Hall–Kier alpha value is -4.74. The van der Waals surface area contributed by atoms with Gasteiger partial charge in [-0.2, -0.15) is 33.7 Å². The summed E-state index contributed by atoms with van der Waals surface area (Å²) in [5.41, 5.74) is -4.11. The molecule has 9 nitrogen and oxygen atoms in total. The number of pyridine rings is 1. The molecular formula is C19H8F6N8O. The van der Waals surface area contributed by atoms with Gasteiger partial charge in [-0.15, -0.1) is 4.80 Å². The zero-order valence-corrected chi connectivity index (χ0v) is 16.3. The Morgan fingerprint density at radius 3 is 2.38 bits per heavy atom. The molecule has 172 valence electrons. The standard InChI is InChI=1S/C19H8F6N8O/c20-12-1-2-13(15(22)14(12)21)32-16(19(23,24)25)11(8-30-32)18(34)31-10-5-9(6-26)17(27-7-10)33-28-3-4-29-33/h1-5,7-8H,(H,31,34). The molecule has 0 saturated carbocycles. The van der Waals surface area contributed by atoms with Gasteiger partial charge in [0.2, 0.25) is 0 Å². The average Bonchev–Trinajstić information content (AvgIpc) is 3.47. The molecule has 0 spiro atoms. The van der Waals surface area contributed by atoms with Gasteiger partial charge in [-0.05, 0) is 18.2 Å². The summed E-state index contributed by atoms with van der Waals surface area (Å²) in [7, 11) is 0. The van der Waals surface area contributed by atoms with Gasteiger partial charge in [0.1, 0.15) is 17.3 Å². The van der Waals surface area contributed by atoms with Crippen LogP contribution in [0.25, 0.3) is 11.5 Å². The topological polar surface area (TPSA) is 114 Å². The first-order valence-electron chi connectivity index (χ1n) is 8.99. The van der Waals surface area contributed by atoms with Crippen molar-refractivity contribution >= 4 is 11.6 Å². The summed E-state index contributed by atoms with van der Waals surface area (Å²) in [6, 6.07) is 3.88. The summed E-state index contributed by atoms with van der Waals surface area (Å²) >= 11 is 0. The first-order chi connectivity index (χ1) is 16.1. The number of hydrogen-bond acceptors (Lipinski definition) is 6. The quantitative estimate of drug-likeness (QED) is 0.355. The van der Waals surface area contributed by atoms with Crippen LogP contribution in [0.4, 0.5) is 32.0 Å². The van der Waals surface area contributed by atoms with Gasteiger partial charge in [-0.25, -0.2) is 22.8 Å². The van der Waals surface area contributed by atoms with Crippen molar-refractivity contribution in [2.24, 2.45) is 0 Å². The number of nitrogens with zero attached hydrogens (tertiary/aromatic N) is 7. The van der Waals surface area contributed by atoms with Crippen LogP contribution < -0.4 is 5.32 Å². The predicted octanol–water partition coefficient (Wildman–Crippen LogP) is 3.41. The Morgan fingerprint density at radius 1 is 1.03 bits per heavy atom. The van der Waals surface area contributed by atoms with Crippen LogP contribution in [0.15, 0.2) is 43.0 Å². The van der Waals surface area contributed by atoms with Gasteiger partial charge in [-0.3, -0.25) is 4.79 Å². The lowest BCUT2D eigenvalue weighted by Gasteiger charge is -2.14. The van der Waals surface area contributed by atoms with Crippen LogP contribution in [-0.4, -0.2) is 35.7 Å². The molecule has 0 aliphatic rings. The minimum absolute atomic E-state index is 0.00288. The molecule has 0 atom stereocenters. The number of halogens is 6. The summed E-state index contributed by atoms with van der Waals surface area (Å²) in [5, 5.41) is 22.4. The Morgan fingerprint density at radius 2 is 1.74 bits per heavy atom. The molecule has 4 rings (SSSR count). The fraction of sp³-hybridized carbons (Fsp3) is 0.0526. The number of carbonyl (C=O) groups is 1. The van der Waals surface area contributed by atoms with Crippen LogP contribution in [0.2, 0.25) is 0 Å². The molecule has 34 heavy (non-hydrogen) atoms. The van der Waals surface area contributed by atoms with E-state index in [0.717, 1.165) is 17.1 Å². The van der Waals surface area contributed by atoms with E-state index in [-0.39, 0.29) is 21.8 Å². The second kappa shape index (κ2) is 8.31. The van der Waals surface area contributed by atoms with Crippen molar-refractivity contribution in [3.05, 3.63) is 77.3 Å². The average molecular weight is 478 g/mol. The molecule has 0 unspecified atom stereocenters. The zero-order valence-electron chi connectivity index (χ0n) is 16.3. The number of benzene rings is 1. The Balaban J connectivity index is 1.73. The van der Waals surface area contributed by atoms with Gasteiger partial charge in [0.25, 0.3) is 5.91 Å². The molecular weight excluding hydrogens is 470 g/mol. The first-order valence-corrected chi connectivity index (χ1v) is 8.99. The minimum atomic E-state index is -5.24. The lowest BCUT2D eigenvalue weighted by Crippen LogP contribution is -2.21. The summed E-state index contributed by atoms with van der Waals surface area (Å²) < 4.78 is 82.1. The number of anilines is 1. The van der Waals surface area contributed by atoms with Crippen molar-refractivity contribution in [3.63, 3.8) is 0 Å². The normalized spacial score (nSPS) is 11.3. The Labute approximate surface area is 184 Å². The van der Waals surface area contributed by atoms with Crippen molar-refractivity contribution in [1.82, 2.24) is 29.8 Å². The fourth-order valence-corrected chi connectivity index (χ4v) is 2.94. The van der Waals surface area contributed by atoms with Crippen molar-refractivity contribution < 1.29 is 31.1 Å². The van der Waals surface area contributed by atoms with Crippen molar-refractivity contribution in [3.8, 4) is 17.6 Å². The van der Waals surface area contributed by atoms with E-state index in [1.807, 2.05) is 0 Å². The molecule has 1 aromatic carbocycles. The predicted molar refractivity (Wildman–Crippen MR) is 100 cm³/mol. The molecule has 1 N–H and O–H groups in total. The third-order valence-corrected chi connectivity index (χ3v) is 4.38. The molecule has 0 fully saturated rings. The second-order valence-corrected chi connectivity index (χ2v) is 6.49. The van der Waals surface area contributed by atoms with E-state index >= 15 is 0 Å². The monoisotopic (exact) mass is 478 g/mol. The molecule has 0 bridgehead atoms. The Bertz CT molecular complexity index is 1440. The van der Waals surface area contributed by atoms with Gasteiger partial charge in [0.05, 0.1) is 36.0 Å². The SMILES string of the molecule is N#Cc1cc(NC(=O)c2cnn(-c3ccc(F)c(F)c3F)c2C(F)(F)F)cnc1-n1nccn1. The van der Waals surface area contributed by atoms with E-state index in [1.165, 1.54) is 12.4 Å². The highest BCUT2D eigenvalue weighted by molar-refractivity contribution is 6.05. The number of hydrogen-bond donors (Lipinski definition) is 1. The minimum Gasteiger partial charge on any atom is -0.320 e. The van der Waals surface area contributed by atoms with Gasteiger partial charge >= 0.3 is 6.18 Å². The van der Waals surface area contributed by atoms with Crippen LogP contribution in [0.3, 0.4) is 0 Å². The number of alkyl halides is 3. The summed E-state index contributed by atoms with van der Waals surface area (Å²) in [5.74, 6) is -6.88. The lowest BCUT2D eigenvalue weighted by molar-refractivity contribution is -0.143. The van der Waals surface area contributed by atoms with Crippen LogP contribution >= 0.6 is 0 Å². The molecule has 3 aromatic heterocycles. The van der Waals surface area contributed by atoms with E-state index in [9.17, 15) is 36.4 Å². The maximum absolute atomic E-state index is 14.1. The van der Waals surface area contributed by atoms with Gasteiger partial charge in [-0.1, -0.05) is 0 Å². The highest BCUT2D eigenvalue weighted by atomic mass is 19.4. The highest BCUT2D eigenvalue weighted by Crippen LogP contribution is 2.35. The van der Waals surface area contributed by atoms with E-state index in [2.05, 4.69) is 25.6 Å². The molecule has 1 amide bonds. The molecule has 4 aromatic rings. The van der Waals surface area contributed by atoms with Crippen molar-refractivity contribution in [2.75, 3.05) is 5.32 Å². The number of nitrogens with one attached hydrogen (secondary N) is 1. The van der Waals surface area contributed by atoms with Crippen LogP contribution in [-0.2, 0) is 6.18 Å². The van der Waals surface area contributed by atoms with E-state index in [0.29, 0.717) is 18.3 Å². The smallest absolute Gasteiger partial charge is 0.320 e. The largest absolute Gasteiger partial charge is 0.434 e. The number of amides is 1. The molecule has 0 aliphatic heterocycles. The summed E-state index contributed by atoms with van der Waals surface area (Å²) in [4.78, 5) is 17.6. The van der Waals surface area contributed by atoms with Crippen LogP contribution in [0, 0.1) is 28.8 Å². The van der Waals surface area contributed by atoms with E-state index in [4.69, 9.17) is 0 Å². The van der Waals surface area contributed by atoms with Crippen molar-refractivity contribution in [1.29, 1.82) is 5.26 Å². The molecule has 0 aliphatic carbocycles. The zero-order chi connectivity index (χ0) is 24.6. The molecule has 15 heteroatoms. The third kappa shape index (κ3) is 3.92. The fourth-order valence-electron chi connectivity index (χ4n) is 2.94. The summed E-state index contributed by atoms with van der Waals surface area (Å²) in [6.45, 7) is 0. The van der Waals surface area contributed by atoms with Crippen molar-refractivity contribution in [2.45, 2.75) is 6.18 Å². The number of rotatable bonds is 4. The summed E-state index contributed by atoms with van der Waals surface area (Å²) in [6.07, 6.45) is -1.06. The first kappa shape index (κ1) is 22.5. The van der Waals surface area contributed by atoms with Crippen LogP contribution in [0.1, 0.15) is 21.6 Å². The highest BCUT2D eigenvalue weighted by Gasteiger charge is 2.41. The van der Waals surface area contributed by atoms with Crippen LogP contribution in [0.5, 0.6) is 0 Å². The van der Waals surface area contributed by atoms with E-state index < -0.39 is 46.5 Å². The second-order valence-electron chi connectivity index (χ2n) is 6.49. The number of nitriles is 1. The third-order valence-electron chi connectivity index (χ3n) is 4.38. The Kier molecular flexibility index (Phi) is 5.49. The lowest BCUT2D eigenvalue weighted by atomic mass is 10.2. The number of carbonyl (C=O) groups excluding carboxylic acids is 1. The maximum Gasteiger partial charge on any atom is 0.434 e. The van der Waals surface area contributed by atoms with E-state index in [1.54, 1.807) is 6.07 Å². The van der Waals surface area contributed by atoms with Gasteiger partial charge in [0.15, 0.2) is 29.0 Å². The maximum atomic E-state index is 14.1. The molecule has 3 heterocycles. The number of aromatic nitrogens is 6. The molecule has 0 radical (unpaired) electrons. The molecule has 0 saturated heterocycles. The van der Waals surface area contributed by atoms with Gasteiger partial charge < -0.3 is 5.32 Å².